The van der Waals surface area contributed by atoms with Crippen molar-refractivity contribution in [2.24, 2.45) is 0 Å². The zero-order chi connectivity index (χ0) is 12.6. The third-order valence-corrected chi connectivity index (χ3v) is 2.89. The van der Waals surface area contributed by atoms with Crippen molar-refractivity contribution >= 4 is 17.5 Å². The number of carbonyl (C=O) groups is 1. The van der Waals surface area contributed by atoms with Crippen LogP contribution in [0.3, 0.4) is 0 Å². The van der Waals surface area contributed by atoms with E-state index in [4.69, 9.17) is 0 Å². The number of benzene rings is 1. The molecular weight excluding hydrogens is 216 g/mol. The number of rotatable bonds is 3. The van der Waals surface area contributed by atoms with Crippen molar-refractivity contribution in [2.75, 3.05) is 0 Å². The molecule has 0 aromatic heterocycles. The Morgan fingerprint density at radius 1 is 1.19 bits per heavy atom. The van der Waals surface area contributed by atoms with E-state index in [0.717, 1.165) is 4.91 Å². The molecule has 0 aliphatic heterocycles. The van der Waals surface area contributed by atoms with Crippen LogP contribution in [-0.2, 0) is 4.79 Å². The first-order valence-electron chi connectivity index (χ1n) is 5.52. The van der Waals surface area contributed by atoms with Gasteiger partial charge in [0.1, 0.15) is 0 Å². The molecule has 0 saturated heterocycles. The third kappa shape index (κ3) is 5.76. The van der Waals surface area contributed by atoms with E-state index in [9.17, 15) is 4.79 Å². The molecule has 0 spiro atoms. The summed E-state index contributed by atoms with van der Waals surface area (Å²) in [5.74, 6) is 0.101. The summed E-state index contributed by atoms with van der Waals surface area (Å²) < 4.78 is 0. The Morgan fingerprint density at radius 2 is 1.75 bits per heavy atom. The van der Waals surface area contributed by atoms with Gasteiger partial charge in [0.05, 0.1) is 0 Å². The Kier molecular flexibility index (Phi) is 7.65. The molecule has 0 saturated carbocycles. The lowest BCUT2D eigenvalue weighted by Gasteiger charge is -2.04. The van der Waals surface area contributed by atoms with Crippen LogP contribution in [0.1, 0.15) is 33.3 Å². The van der Waals surface area contributed by atoms with Crippen LogP contribution in [-0.4, -0.2) is 5.78 Å². The van der Waals surface area contributed by atoms with Crippen molar-refractivity contribution in [2.45, 2.75) is 39.5 Å². The zero-order valence-electron chi connectivity index (χ0n) is 10.7. The highest BCUT2D eigenvalue weighted by Crippen LogP contribution is 2.28. The minimum atomic E-state index is 0.101. The number of thioether (sulfide) groups is 1. The lowest BCUT2D eigenvalue weighted by Crippen LogP contribution is -1.84. The number of carbonyl (C=O) groups excluding carboxylic acids is 1. The minimum Gasteiger partial charge on any atom is -0.295 e. The molecule has 0 aliphatic rings. The number of hydrogen-bond acceptors (Lipinski definition) is 2. The van der Waals surface area contributed by atoms with Gasteiger partial charge in [0, 0.05) is 4.90 Å². The number of allylic oxidation sites excluding steroid dienone is 2. The summed E-state index contributed by atoms with van der Waals surface area (Å²) in [6.45, 7) is 9.60. The topological polar surface area (TPSA) is 17.1 Å². The van der Waals surface area contributed by atoms with Crippen LogP contribution >= 0.6 is 11.8 Å². The van der Waals surface area contributed by atoms with Crippen LogP contribution < -0.4 is 0 Å². The summed E-state index contributed by atoms with van der Waals surface area (Å²) in [5.41, 5.74) is 1.24. The Balaban J connectivity index is 0.00000106. The lowest BCUT2D eigenvalue weighted by molar-refractivity contribution is -0.112. The average Bonchev–Trinajstić information content (AvgIpc) is 2.23. The molecule has 88 valence electrons. The van der Waals surface area contributed by atoms with E-state index in [1.165, 1.54) is 10.5 Å². The lowest BCUT2D eigenvalue weighted by atomic mass is 10.2. The largest absolute Gasteiger partial charge is 0.295 e. The molecule has 0 aliphatic carbocycles. The van der Waals surface area contributed by atoms with Crippen LogP contribution in [0.5, 0.6) is 0 Å². The van der Waals surface area contributed by atoms with E-state index < -0.39 is 0 Å². The molecule has 1 nitrogen and oxygen atoms in total. The second-order valence-electron chi connectivity index (χ2n) is 3.23. The molecule has 0 amide bonds. The van der Waals surface area contributed by atoms with Gasteiger partial charge in [-0.3, -0.25) is 4.79 Å². The van der Waals surface area contributed by atoms with E-state index in [2.05, 4.69) is 19.1 Å². The molecular formula is C14H20OS. The van der Waals surface area contributed by atoms with Crippen LogP contribution in [0.25, 0.3) is 0 Å². The number of hydrogen-bond donors (Lipinski definition) is 0. The van der Waals surface area contributed by atoms with Crippen molar-refractivity contribution in [3.63, 3.8) is 0 Å². The van der Waals surface area contributed by atoms with E-state index >= 15 is 0 Å². The van der Waals surface area contributed by atoms with Crippen LogP contribution in [0, 0.1) is 6.92 Å². The number of ketones is 1. The van der Waals surface area contributed by atoms with E-state index in [1.54, 1.807) is 24.8 Å². The minimum absolute atomic E-state index is 0.101. The van der Waals surface area contributed by atoms with Crippen molar-refractivity contribution in [3.05, 3.63) is 40.8 Å². The standard InChI is InChI=1S/C12H14OS.C2H6/c1-9-6-4-5-7-12(9)14-11(3)8-10(2)13;1-2/h4-8H,1-3H3;1-2H3/b11-8-;. The van der Waals surface area contributed by atoms with Crippen LogP contribution in [0.15, 0.2) is 40.1 Å². The molecule has 0 radical (unpaired) electrons. The summed E-state index contributed by atoms with van der Waals surface area (Å²) in [6, 6.07) is 8.17. The van der Waals surface area contributed by atoms with Gasteiger partial charge in [-0.15, -0.1) is 0 Å². The van der Waals surface area contributed by atoms with Gasteiger partial charge < -0.3 is 0 Å². The van der Waals surface area contributed by atoms with E-state index in [-0.39, 0.29) is 5.78 Å². The van der Waals surface area contributed by atoms with E-state index in [0.29, 0.717) is 0 Å². The maximum Gasteiger partial charge on any atom is 0.153 e. The molecule has 2 heteroatoms. The number of aryl methyl sites for hydroxylation is 1. The van der Waals surface area contributed by atoms with Crippen molar-refractivity contribution in [1.82, 2.24) is 0 Å². The summed E-state index contributed by atoms with van der Waals surface area (Å²) in [4.78, 5) is 13.1. The molecule has 0 heterocycles. The van der Waals surface area contributed by atoms with Crippen molar-refractivity contribution in [3.8, 4) is 0 Å². The summed E-state index contributed by atoms with van der Waals surface area (Å²) >= 11 is 1.64. The first-order valence-corrected chi connectivity index (χ1v) is 6.33. The highest BCUT2D eigenvalue weighted by atomic mass is 32.2. The second kappa shape index (κ2) is 8.17. The monoisotopic (exact) mass is 236 g/mol. The van der Waals surface area contributed by atoms with Crippen LogP contribution in [0.4, 0.5) is 0 Å². The third-order valence-electron chi connectivity index (χ3n) is 1.77. The van der Waals surface area contributed by atoms with Gasteiger partial charge >= 0.3 is 0 Å². The Bertz CT molecular complexity index is 367. The molecule has 0 bridgehead atoms. The van der Waals surface area contributed by atoms with Crippen LogP contribution in [0.2, 0.25) is 0 Å². The average molecular weight is 236 g/mol. The zero-order valence-corrected chi connectivity index (χ0v) is 11.5. The van der Waals surface area contributed by atoms with Crippen molar-refractivity contribution < 1.29 is 4.79 Å². The second-order valence-corrected chi connectivity index (χ2v) is 4.52. The quantitative estimate of drug-likeness (QED) is 0.563. The SMILES string of the molecule is CC.CC(=O)/C=C(/C)Sc1ccccc1C. The molecule has 0 fully saturated rings. The van der Waals surface area contributed by atoms with Gasteiger partial charge in [0.15, 0.2) is 5.78 Å². The Labute approximate surface area is 103 Å². The fraction of sp³-hybridized carbons (Fsp3) is 0.357. The normalized spacial score (nSPS) is 10.4. The molecule has 0 atom stereocenters. The maximum absolute atomic E-state index is 10.8. The smallest absolute Gasteiger partial charge is 0.153 e. The fourth-order valence-corrected chi connectivity index (χ4v) is 2.11. The Hall–Kier alpha value is -1.02. The summed E-state index contributed by atoms with van der Waals surface area (Å²) in [7, 11) is 0. The molecule has 1 aromatic carbocycles. The first-order chi connectivity index (χ1) is 7.59. The predicted octanol–water partition coefficient (Wildman–Crippen LogP) is 4.61. The van der Waals surface area contributed by atoms with Gasteiger partial charge in [-0.25, -0.2) is 0 Å². The van der Waals surface area contributed by atoms with Gasteiger partial charge in [0.2, 0.25) is 0 Å². The molecule has 1 rings (SSSR count). The molecule has 16 heavy (non-hydrogen) atoms. The maximum atomic E-state index is 10.8. The van der Waals surface area contributed by atoms with Crippen molar-refractivity contribution in [1.29, 1.82) is 0 Å². The fourth-order valence-electron chi connectivity index (χ4n) is 1.16. The predicted molar refractivity (Wildman–Crippen MR) is 72.8 cm³/mol. The first kappa shape index (κ1) is 15.0. The molecule has 0 unspecified atom stereocenters. The Morgan fingerprint density at radius 3 is 2.25 bits per heavy atom. The van der Waals surface area contributed by atoms with Gasteiger partial charge in [-0.1, -0.05) is 43.8 Å². The van der Waals surface area contributed by atoms with E-state index in [1.807, 2.05) is 32.9 Å². The molecule has 0 N–H and O–H groups in total. The summed E-state index contributed by atoms with van der Waals surface area (Å²) in [5, 5.41) is 0. The van der Waals surface area contributed by atoms with Gasteiger partial charge in [-0.2, -0.15) is 0 Å². The van der Waals surface area contributed by atoms with Gasteiger partial charge in [-0.05, 0) is 43.4 Å². The summed E-state index contributed by atoms with van der Waals surface area (Å²) in [6.07, 6.45) is 1.66. The highest BCUT2D eigenvalue weighted by Gasteiger charge is 1.99. The van der Waals surface area contributed by atoms with Gasteiger partial charge in [0.25, 0.3) is 0 Å². The highest BCUT2D eigenvalue weighted by molar-refractivity contribution is 8.03. The molecule has 1 aromatic rings.